The average molecular weight is 390 g/mol. The van der Waals surface area contributed by atoms with Gasteiger partial charge in [-0.15, -0.1) is 0 Å². The van der Waals surface area contributed by atoms with Gasteiger partial charge in [-0.3, -0.25) is 0 Å². The summed E-state index contributed by atoms with van der Waals surface area (Å²) < 4.78 is 0. The lowest BCUT2D eigenvalue weighted by atomic mass is 10.1. The van der Waals surface area contributed by atoms with Crippen LogP contribution in [-0.4, -0.2) is 18.2 Å². The molecule has 1 aromatic carbocycles. The molecule has 0 unspecified atom stereocenters. The number of benzene rings is 1. The predicted molar refractivity (Wildman–Crippen MR) is 126 cm³/mol. The van der Waals surface area contributed by atoms with E-state index in [1.54, 1.807) is 0 Å². The molecule has 0 heterocycles. The van der Waals surface area contributed by atoms with E-state index >= 15 is 0 Å². The lowest BCUT2D eigenvalue weighted by molar-refractivity contribution is 0.471. The van der Waals surface area contributed by atoms with Crippen LogP contribution >= 0.6 is 0 Å². The second kappa shape index (κ2) is 17.9. The van der Waals surface area contributed by atoms with Crippen molar-refractivity contribution in [3.05, 3.63) is 24.3 Å². The summed E-state index contributed by atoms with van der Waals surface area (Å²) in [4.78, 5) is 2.42. The fourth-order valence-corrected chi connectivity index (χ4v) is 3.96. The van der Waals surface area contributed by atoms with Gasteiger partial charge in [0.2, 0.25) is 0 Å². The largest absolute Gasteiger partial charge is 0.506 e. The first-order valence-electron chi connectivity index (χ1n) is 12.3. The van der Waals surface area contributed by atoms with Crippen LogP contribution in [0.5, 0.6) is 5.75 Å². The molecule has 28 heavy (non-hydrogen) atoms. The Morgan fingerprint density at radius 3 is 1.39 bits per heavy atom. The number of nitrogens with zero attached hydrogens (tertiary/aromatic N) is 1. The van der Waals surface area contributed by atoms with Crippen LogP contribution in [0.2, 0.25) is 0 Å². The number of rotatable bonds is 19. The van der Waals surface area contributed by atoms with E-state index in [4.69, 9.17) is 0 Å². The molecule has 0 saturated heterocycles. The van der Waals surface area contributed by atoms with E-state index in [0.29, 0.717) is 5.75 Å². The van der Waals surface area contributed by atoms with Gasteiger partial charge in [-0.1, -0.05) is 116 Å². The lowest BCUT2D eigenvalue weighted by Gasteiger charge is -2.25. The summed E-state index contributed by atoms with van der Waals surface area (Å²) >= 11 is 0. The number of para-hydroxylation sites is 2. The Hall–Kier alpha value is -1.18. The van der Waals surface area contributed by atoms with Gasteiger partial charge in [0.1, 0.15) is 5.75 Å². The van der Waals surface area contributed by atoms with E-state index in [2.05, 4.69) is 24.8 Å². The zero-order valence-electron chi connectivity index (χ0n) is 18.9. The number of hydrogen-bond acceptors (Lipinski definition) is 2. The third-order valence-electron chi connectivity index (χ3n) is 5.79. The van der Waals surface area contributed by atoms with E-state index in [9.17, 15) is 5.11 Å². The normalized spacial score (nSPS) is 11.1. The van der Waals surface area contributed by atoms with Gasteiger partial charge in [0.05, 0.1) is 5.69 Å². The lowest BCUT2D eigenvalue weighted by Crippen LogP contribution is -2.25. The van der Waals surface area contributed by atoms with Crippen molar-refractivity contribution < 1.29 is 5.11 Å². The fraction of sp³-hybridized carbons (Fsp3) is 0.769. The van der Waals surface area contributed by atoms with Crippen LogP contribution in [-0.2, 0) is 0 Å². The number of phenols is 1. The standard InChI is InChI=1S/C26H47NO/c1-3-5-7-9-11-13-15-19-23-27(25-21-17-18-22-26(25)28)24-20-16-14-12-10-8-6-4-2/h17-18,21-22,28H,3-16,19-20,23-24H2,1-2H3. The monoisotopic (exact) mass is 389 g/mol. The van der Waals surface area contributed by atoms with Crippen molar-refractivity contribution in [2.75, 3.05) is 18.0 Å². The van der Waals surface area contributed by atoms with Gasteiger partial charge >= 0.3 is 0 Å². The maximum atomic E-state index is 10.3. The Morgan fingerprint density at radius 2 is 0.964 bits per heavy atom. The zero-order valence-corrected chi connectivity index (χ0v) is 18.9. The Kier molecular flexibility index (Phi) is 15.9. The van der Waals surface area contributed by atoms with Crippen LogP contribution in [0.4, 0.5) is 5.69 Å². The van der Waals surface area contributed by atoms with Gasteiger partial charge in [0, 0.05) is 13.1 Å². The summed E-state index contributed by atoms with van der Waals surface area (Å²) in [6.45, 7) is 6.70. The number of aromatic hydroxyl groups is 1. The highest BCUT2D eigenvalue weighted by molar-refractivity contribution is 5.57. The summed E-state index contributed by atoms with van der Waals surface area (Å²) in [5, 5.41) is 10.3. The van der Waals surface area contributed by atoms with Crippen molar-refractivity contribution >= 4 is 5.69 Å². The molecule has 0 spiro atoms. The zero-order chi connectivity index (χ0) is 20.3. The van der Waals surface area contributed by atoms with Crippen LogP contribution in [0.1, 0.15) is 117 Å². The summed E-state index contributed by atoms with van der Waals surface area (Å²) in [6.07, 6.45) is 21.6. The second-order valence-electron chi connectivity index (χ2n) is 8.43. The Labute approximate surface area is 175 Å². The molecule has 0 aliphatic rings. The van der Waals surface area contributed by atoms with Crippen LogP contribution < -0.4 is 4.90 Å². The molecule has 1 aromatic rings. The van der Waals surface area contributed by atoms with Gasteiger partial charge < -0.3 is 10.0 Å². The summed E-state index contributed by atoms with van der Waals surface area (Å²) in [5.41, 5.74) is 1.02. The summed E-state index contributed by atoms with van der Waals surface area (Å²) in [5.74, 6) is 0.432. The molecule has 0 aliphatic heterocycles. The SMILES string of the molecule is CCCCCCCCCCN(CCCCCCCCCC)c1ccccc1O. The molecule has 1 N–H and O–H groups in total. The highest BCUT2D eigenvalue weighted by atomic mass is 16.3. The van der Waals surface area contributed by atoms with Crippen LogP contribution in [0.15, 0.2) is 24.3 Å². The minimum Gasteiger partial charge on any atom is -0.506 e. The molecule has 2 nitrogen and oxygen atoms in total. The first-order valence-corrected chi connectivity index (χ1v) is 12.3. The molecular weight excluding hydrogens is 342 g/mol. The highest BCUT2D eigenvalue weighted by Gasteiger charge is 2.10. The quantitative estimate of drug-likeness (QED) is 0.240. The van der Waals surface area contributed by atoms with Crippen molar-refractivity contribution in [3.8, 4) is 5.75 Å². The molecule has 162 valence electrons. The molecule has 2 heteroatoms. The van der Waals surface area contributed by atoms with E-state index in [1.807, 2.05) is 18.2 Å². The smallest absolute Gasteiger partial charge is 0.138 e. The van der Waals surface area contributed by atoms with Crippen LogP contribution in [0.25, 0.3) is 0 Å². The number of hydrogen-bond donors (Lipinski definition) is 1. The van der Waals surface area contributed by atoms with Crippen molar-refractivity contribution in [1.82, 2.24) is 0 Å². The summed E-state index contributed by atoms with van der Waals surface area (Å²) in [7, 11) is 0. The second-order valence-corrected chi connectivity index (χ2v) is 8.43. The number of unbranched alkanes of at least 4 members (excludes halogenated alkanes) is 14. The van der Waals surface area contributed by atoms with Crippen LogP contribution in [0, 0.1) is 0 Å². The minimum absolute atomic E-state index is 0.432. The molecular formula is C26H47NO. The van der Waals surface area contributed by atoms with Crippen molar-refractivity contribution in [2.24, 2.45) is 0 Å². The Bertz CT molecular complexity index is 440. The first-order chi connectivity index (χ1) is 13.8. The van der Waals surface area contributed by atoms with Gasteiger partial charge in [0.15, 0.2) is 0 Å². The summed E-state index contributed by atoms with van der Waals surface area (Å²) in [6, 6.07) is 7.86. The third kappa shape index (κ3) is 12.3. The molecule has 1 rings (SSSR count). The topological polar surface area (TPSA) is 23.5 Å². The maximum Gasteiger partial charge on any atom is 0.138 e. The number of phenolic OH excluding ortho intramolecular Hbond substituents is 1. The third-order valence-corrected chi connectivity index (χ3v) is 5.79. The van der Waals surface area contributed by atoms with E-state index in [0.717, 1.165) is 18.8 Å². The Balaban J connectivity index is 2.27. The van der Waals surface area contributed by atoms with Gasteiger partial charge in [-0.05, 0) is 25.0 Å². The molecule has 0 fully saturated rings. The fourth-order valence-electron chi connectivity index (χ4n) is 3.96. The molecule has 0 radical (unpaired) electrons. The molecule has 0 atom stereocenters. The first kappa shape index (κ1) is 24.9. The van der Waals surface area contributed by atoms with Crippen molar-refractivity contribution in [3.63, 3.8) is 0 Å². The van der Waals surface area contributed by atoms with E-state index < -0.39 is 0 Å². The predicted octanol–water partition coefficient (Wildman–Crippen LogP) is 8.48. The van der Waals surface area contributed by atoms with Gasteiger partial charge in [-0.25, -0.2) is 0 Å². The number of anilines is 1. The molecule has 0 aromatic heterocycles. The van der Waals surface area contributed by atoms with Gasteiger partial charge in [-0.2, -0.15) is 0 Å². The molecule has 0 amide bonds. The van der Waals surface area contributed by atoms with Crippen molar-refractivity contribution in [1.29, 1.82) is 0 Å². The van der Waals surface area contributed by atoms with Gasteiger partial charge in [0.25, 0.3) is 0 Å². The molecule has 0 saturated carbocycles. The average Bonchev–Trinajstić information content (AvgIpc) is 2.71. The highest BCUT2D eigenvalue weighted by Crippen LogP contribution is 2.27. The molecule has 0 bridgehead atoms. The van der Waals surface area contributed by atoms with Crippen molar-refractivity contribution in [2.45, 2.75) is 117 Å². The molecule has 0 aliphatic carbocycles. The van der Waals surface area contributed by atoms with E-state index in [1.165, 1.54) is 103 Å². The Morgan fingerprint density at radius 1 is 0.571 bits per heavy atom. The van der Waals surface area contributed by atoms with E-state index in [-0.39, 0.29) is 0 Å². The van der Waals surface area contributed by atoms with Crippen LogP contribution in [0.3, 0.4) is 0 Å². The minimum atomic E-state index is 0.432. The maximum absolute atomic E-state index is 10.3.